The third kappa shape index (κ3) is 3.70. The second-order valence-electron chi connectivity index (χ2n) is 5.87. The van der Waals surface area contributed by atoms with Gasteiger partial charge in [0.25, 0.3) is 0 Å². The maximum atomic E-state index is 12.2. The van der Waals surface area contributed by atoms with Gasteiger partial charge in [-0.2, -0.15) is 5.26 Å². The molecule has 0 aliphatic heterocycles. The van der Waals surface area contributed by atoms with Gasteiger partial charge in [-0.25, -0.2) is 9.78 Å². The molecule has 0 saturated heterocycles. The number of thiophene rings is 1. The van der Waals surface area contributed by atoms with Crippen LogP contribution in [0.3, 0.4) is 0 Å². The number of nitrogens with two attached hydrogens (primary N) is 1. The minimum atomic E-state index is -0.423. The highest BCUT2D eigenvalue weighted by molar-refractivity contribution is 7.18. The van der Waals surface area contributed by atoms with Gasteiger partial charge in [-0.05, 0) is 19.1 Å². The first-order chi connectivity index (χ1) is 12.5. The number of hydrogen-bond donors (Lipinski definition) is 2. The predicted molar refractivity (Wildman–Crippen MR) is 103 cm³/mol. The lowest BCUT2D eigenvalue weighted by Gasteiger charge is -2.13. The van der Waals surface area contributed by atoms with Gasteiger partial charge in [0.05, 0.1) is 35.0 Å². The van der Waals surface area contributed by atoms with Crippen LogP contribution in [0.25, 0.3) is 10.2 Å². The molecule has 0 fully saturated rings. The predicted octanol–water partition coefficient (Wildman–Crippen LogP) is 2.20. The number of thiazole rings is 1. The summed E-state index contributed by atoms with van der Waals surface area (Å²) in [6.45, 7) is 3.24. The van der Waals surface area contributed by atoms with Crippen LogP contribution in [0.4, 0.5) is 5.00 Å². The fourth-order valence-corrected chi connectivity index (χ4v) is 4.77. The van der Waals surface area contributed by atoms with Gasteiger partial charge in [0.1, 0.15) is 34.0 Å². The van der Waals surface area contributed by atoms with Crippen LogP contribution in [0.1, 0.15) is 32.7 Å². The lowest BCUT2D eigenvalue weighted by Crippen LogP contribution is -3.06. The molecule has 1 unspecified atom stereocenters. The Hall–Kier alpha value is -2.47. The van der Waals surface area contributed by atoms with Gasteiger partial charge in [-0.3, -0.25) is 0 Å². The van der Waals surface area contributed by atoms with E-state index in [1.807, 2.05) is 25.2 Å². The zero-order chi connectivity index (χ0) is 18.7. The van der Waals surface area contributed by atoms with E-state index in [0.717, 1.165) is 31.5 Å². The summed E-state index contributed by atoms with van der Waals surface area (Å²) < 4.78 is 6.26. The Balaban J connectivity index is 1.83. The van der Waals surface area contributed by atoms with Crippen molar-refractivity contribution in [3.8, 4) is 6.07 Å². The van der Waals surface area contributed by atoms with E-state index in [-0.39, 0.29) is 6.61 Å². The molecule has 1 atom stereocenters. The van der Waals surface area contributed by atoms with Crippen LogP contribution >= 0.6 is 22.7 Å². The monoisotopic (exact) mass is 387 g/mol. The van der Waals surface area contributed by atoms with Gasteiger partial charge >= 0.3 is 5.97 Å². The molecule has 3 rings (SSSR count). The molecule has 0 radical (unpaired) electrons. The van der Waals surface area contributed by atoms with Gasteiger partial charge < -0.3 is 15.4 Å². The Bertz CT molecular complexity index is 954. The van der Waals surface area contributed by atoms with E-state index < -0.39 is 5.97 Å². The van der Waals surface area contributed by atoms with Crippen molar-refractivity contribution in [2.24, 2.45) is 0 Å². The molecule has 3 aromatic rings. The van der Waals surface area contributed by atoms with Crippen LogP contribution in [0.5, 0.6) is 0 Å². The Morgan fingerprint density at radius 3 is 2.81 bits per heavy atom. The van der Waals surface area contributed by atoms with Crippen molar-refractivity contribution in [2.75, 3.05) is 19.4 Å². The minimum absolute atomic E-state index is 0.284. The summed E-state index contributed by atoms with van der Waals surface area (Å²) >= 11 is 2.78. The van der Waals surface area contributed by atoms with Crippen molar-refractivity contribution in [2.45, 2.75) is 20.0 Å². The summed E-state index contributed by atoms with van der Waals surface area (Å²) in [4.78, 5) is 18.4. The molecule has 134 valence electrons. The van der Waals surface area contributed by atoms with Crippen molar-refractivity contribution in [1.82, 2.24) is 4.98 Å². The van der Waals surface area contributed by atoms with E-state index >= 15 is 0 Å². The molecule has 0 amide bonds. The standard InChI is InChI=1S/C18H18N4O2S2/c1-3-24-18(23)16-12(11(8-19)17(20)26-16)9-22(2)10-15-21-13-6-4-5-7-14(13)25-15/h4-7H,3,9-10,20H2,1-2H3/p+1. The first-order valence-corrected chi connectivity index (χ1v) is 9.80. The number of benzene rings is 1. The summed E-state index contributed by atoms with van der Waals surface area (Å²) in [5.74, 6) is -0.423. The number of para-hydroxylation sites is 1. The molecule has 3 N–H and O–H groups in total. The van der Waals surface area contributed by atoms with E-state index in [4.69, 9.17) is 10.5 Å². The molecule has 0 spiro atoms. The number of aromatic nitrogens is 1. The SMILES string of the molecule is CCOC(=O)c1sc(N)c(C#N)c1C[NH+](C)Cc1nc2ccccc2s1. The quantitative estimate of drug-likeness (QED) is 0.633. The van der Waals surface area contributed by atoms with Crippen molar-refractivity contribution in [3.63, 3.8) is 0 Å². The van der Waals surface area contributed by atoms with Crippen LogP contribution in [0.2, 0.25) is 0 Å². The Kier molecular flexibility index (Phi) is 5.52. The molecule has 1 aromatic carbocycles. The zero-order valence-electron chi connectivity index (χ0n) is 14.5. The van der Waals surface area contributed by atoms with Gasteiger partial charge in [0, 0.05) is 0 Å². The number of nitrogen functional groups attached to an aromatic ring is 1. The number of carbonyl (C=O) groups is 1. The second kappa shape index (κ2) is 7.83. The maximum Gasteiger partial charge on any atom is 0.348 e. The smallest absolute Gasteiger partial charge is 0.348 e. The number of nitriles is 1. The molecule has 6 nitrogen and oxygen atoms in total. The summed E-state index contributed by atoms with van der Waals surface area (Å²) in [5, 5.41) is 10.8. The van der Waals surface area contributed by atoms with Gasteiger partial charge in [-0.1, -0.05) is 12.1 Å². The van der Waals surface area contributed by atoms with E-state index in [1.54, 1.807) is 18.3 Å². The highest BCUT2D eigenvalue weighted by Gasteiger charge is 2.25. The number of esters is 1. The van der Waals surface area contributed by atoms with Crippen LogP contribution in [-0.4, -0.2) is 24.6 Å². The number of fused-ring (bicyclic) bond motifs is 1. The van der Waals surface area contributed by atoms with Crippen LogP contribution in [0, 0.1) is 11.3 Å². The second-order valence-corrected chi connectivity index (χ2v) is 8.03. The highest BCUT2D eigenvalue weighted by Crippen LogP contribution is 2.31. The number of quaternary nitrogens is 1. The van der Waals surface area contributed by atoms with Gasteiger partial charge in [0.15, 0.2) is 0 Å². The summed E-state index contributed by atoms with van der Waals surface area (Å²) in [6, 6.07) is 10.1. The van der Waals surface area contributed by atoms with E-state index in [1.165, 1.54) is 0 Å². The molecule has 8 heteroatoms. The lowest BCUT2D eigenvalue weighted by molar-refractivity contribution is -0.907. The van der Waals surface area contributed by atoms with E-state index in [2.05, 4.69) is 17.1 Å². The molecule has 0 aliphatic rings. The summed E-state index contributed by atoms with van der Waals surface area (Å²) in [5.41, 5.74) is 7.96. The van der Waals surface area contributed by atoms with E-state index in [9.17, 15) is 10.1 Å². The Labute approximate surface area is 159 Å². The minimum Gasteiger partial charge on any atom is -0.462 e. The largest absolute Gasteiger partial charge is 0.462 e. The van der Waals surface area contributed by atoms with Crippen molar-refractivity contribution < 1.29 is 14.4 Å². The average Bonchev–Trinajstić information content (AvgIpc) is 3.15. The average molecular weight is 388 g/mol. The number of nitrogens with one attached hydrogen (secondary N) is 1. The van der Waals surface area contributed by atoms with Crippen molar-refractivity contribution in [3.05, 3.63) is 45.3 Å². The van der Waals surface area contributed by atoms with Gasteiger partial charge in [0.2, 0.25) is 0 Å². The van der Waals surface area contributed by atoms with Crippen molar-refractivity contribution >= 4 is 43.9 Å². The number of anilines is 1. The fraction of sp³-hybridized carbons (Fsp3) is 0.278. The number of carbonyl (C=O) groups excluding carboxylic acids is 1. The molecule has 0 bridgehead atoms. The molecular weight excluding hydrogens is 368 g/mol. The molecule has 0 aliphatic carbocycles. The summed E-state index contributed by atoms with van der Waals surface area (Å²) in [6.07, 6.45) is 0. The molecule has 2 heterocycles. The number of nitrogens with zero attached hydrogens (tertiary/aromatic N) is 2. The maximum absolute atomic E-state index is 12.2. The first kappa shape index (κ1) is 18.3. The van der Waals surface area contributed by atoms with Crippen LogP contribution in [0.15, 0.2) is 24.3 Å². The normalized spacial score (nSPS) is 12.0. The van der Waals surface area contributed by atoms with Crippen LogP contribution in [-0.2, 0) is 17.8 Å². The number of ether oxygens (including phenoxy) is 1. The lowest BCUT2D eigenvalue weighted by atomic mass is 10.1. The topological polar surface area (TPSA) is 93.4 Å². The van der Waals surface area contributed by atoms with Crippen molar-refractivity contribution in [1.29, 1.82) is 5.26 Å². The van der Waals surface area contributed by atoms with Crippen LogP contribution < -0.4 is 10.6 Å². The molecule has 0 saturated carbocycles. The number of rotatable bonds is 6. The molecule has 2 aromatic heterocycles. The first-order valence-electron chi connectivity index (χ1n) is 8.17. The third-order valence-electron chi connectivity index (χ3n) is 3.88. The fourth-order valence-electron chi connectivity index (χ4n) is 2.76. The van der Waals surface area contributed by atoms with E-state index in [0.29, 0.717) is 34.1 Å². The summed E-state index contributed by atoms with van der Waals surface area (Å²) in [7, 11) is 2.01. The third-order valence-corrected chi connectivity index (χ3v) is 5.95. The zero-order valence-corrected chi connectivity index (χ0v) is 16.2. The number of hydrogen-bond acceptors (Lipinski definition) is 7. The Morgan fingerprint density at radius 1 is 1.35 bits per heavy atom. The molecular formula is C18H19N4O2S2+. The highest BCUT2D eigenvalue weighted by atomic mass is 32.1. The molecule has 26 heavy (non-hydrogen) atoms. The van der Waals surface area contributed by atoms with Gasteiger partial charge in [-0.15, -0.1) is 22.7 Å². The Morgan fingerprint density at radius 2 is 2.12 bits per heavy atom.